The van der Waals surface area contributed by atoms with Gasteiger partial charge in [-0.2, -0.15) is 13.2 Å². The highest BCUT2D eigenvalue weighted by Crippen LogP contribution is 2.29. The SMILES string of the molecule is O=C(CSc1ccc(C(F)(F)F)cn1)NCCC(=O)N1CCN(c2ccccc2)CC1. The van der Waals surface area contributed by atoms with Crippen LogP contribution >= 0.6 is 11.8 Å². The average molecular weight is 453 g/mol. The highest BCUT2D eigenvalue weighted by atomic mass is 32.2. The number of hydrogen-bond donors (Lipinski definition) is 1. The van der Waals surface area contributed by atoms with E-state index in [2.05, 4.69) is 15.2 Å². The number of pyridine rings is 1. The molecule has 1 aromatic heterocycles. The van der Waals surface area contributed by atoms with Crippen LogP contribution in [0, 0.1) is 0 Å². The zero-order valence-corrected chi connectivity index (χ0v) is 17.6. The third kappa shape index (κ3) is 6.88. The van der Waals surface area contributed by atoms with Gasteiger partial charge in [-0.05, 0) is 24.3 Å². The molecule has 31 heavy (non-hydrogen) atoms. The molecule has 166 valence electrons. The van der Waals surface area contributed by atoms with E-state index in [0.717, 1.165) is 42.8 Å². The maximum absolute atomic E-state index is 12.5. The van der Waals surface area contributed by atoms with Gasteiger partial charge in [0.25, 0.3) is 0 Å². The van der Waals surface area contributed by atoms with Crippen molar-refractivity contribution in [1.29, 1.82) is 0 Å². The Morgan fingerprint density at radius 1 is 1.03 bits per heavy atom. The Kier molecular flexibility index (Phi) is 7.78. The minimum absolute atomic E-state index is 0.00919. The molecule has 2 aromatic rings. The molecule has 0 spiro atoms. The number of carbonyl (C=O) groups excluding carboxylic acids is 2. The summed E-state index contributed by atoms with van der Waals surface area (Å²) in [7, 11) is 0. The largest absolute Gasteiger partial charge is 0.417 e. The van der Waals surface area contributed by atoms with Crippen LogP contribution in [0.2, 0.25) is 0 Å². The molecule has 0 radical (unpaired) electrons. The summed E-state index contributed by atoms with van der Waals surface area (Å²) in [6.45, 7) is 3.02. The van der Waals surface area contributed by atoms with E-state index in [1.807, 2.05) is 30.3 Å². The number of para-hydroxylation sites is 1. The highest BCUT2D eigenvalue weighted by Gasteiger charge is 2.30. The zero-order chi connectivity index (χ0) is 22.3. The molecule has 1 aliphatic rings. The van der Waals surface area contributed by atoms with Crippen LogP contribution in [0.15, 0.2) is 53.7 Å². The Morgan fingerprint density at radius 3 is 2.35 bits per heavy atom. The number of alkyl halides is 3. The molecule has 1 saturated heterocycles. The van der Waals surface area contributed by atoms with Gasteiger partial charge in [-0.1, -0.05) is 30.0 Å². The summed E-state index contributed by atoms with van der Waals surface area (Å²) in [5.74, 6) is -0.291. The van der Waals surface area contributed by atoms with Gasteiger partial charge >= 0.3 is 6.18 Å². The van der Waals surface area contributed by atoms with E-state index < -0.39 is 11.7 Å². The van der Waals surface area contributed by atoms with E-state index >= 15 is 0 Å². The maximum Gasteiger partial charge on any atom is 0.417 e. The van der Waals surface area contributed by atoms with E-state index in [-0.39, 0.29) is 30.5 Å². The van der Waals surface area contributed by atoms with Gasteiger partial charge in [0.05, 0.1) is 16.3 Å². The summed E-state index contributed by atoms with van der Waals surface area (Å²) >= 11 is 1.04. The molecule has 3 rings (SSSR count). The van der Waals surface area contributed by atoms with E-state index in [1.165, 1.54) is 6.07 Å². The van der Waals surface area contributed by atoms with Crippen LogP contribution in [0.3, 0.4) is 0 Å². The summed E-state index contributed by atoms with van der Waals surface area (Å²) in [6, 6.07) is 12.2. The lowest BCUT2D eigenvalue weighted by atomic mass is 10.2. The van der Waals surface area contributed by atoms with Gasteiger partial charge in [0.1, 0.15) is 0 Å². The molecule has 0 saturated carbocycles. The minimum atomic E-state index is -4.44. The van der Waals surface area contributed by atoms with E-state index in [4.69, 9.17) is 0 Å². The quantitative estimate of drug-likeness (QED) is 0.655. The molecule has 1 N–H and O–H groups in total. The molecule has 10 heteroatoms. The van der Waals surface area contributed by atoms with Crippen molar-refractivity contribution in [3.05, 3.63) is 54.2 Å². The molecule has 2 heterocycles. The van der Waals surface area contributed by atoms with Gasteiger partial charge in [0.2, 0.25) is 11.8 Å². The number of piperazine rings is 1. The van der Waals surface area contributed by atoms with Crippen LogP contribution in [-0.2, 0) is 15.8 Å². The number of aromatic nitrogens is 1. The number of hydrogen-bond acceptors (Lipinski definition) is 5. The Balaban J connectivity index is 1.33. The van der Waals surface area contributed by atoms with Gasteiger partial charge in [-0.3, -0.25) is 9.59 Å². The normalized spacial score (nSPS) is 14.4. The molecule has 6 nitrogen and oxygen atoms in total. The van der Waals surface area contributed by atoms with Crippen molar-refractivity contribution in [2.24, 2.45) is 0 Å². The topological polar surface area (TPSA) is 65.5 Å². The Labute approximate surface area is 182 Å². The number of rotatable bonds is 7. The Bertz CT molecular complexity index is 870. The number of benzene rings is 1. The van der Waals surface area contributed by atoms with Gasteiger partial charge in [-0.25, -0.2) is 4.98 Å². The number of nitrogens with zero attached hydrogens (tertiary/aromatic N) is 3. The molecule has 0 unspecified atom stereocenters. The number of carbonyl (C=O) groups is 2. The molecule has 1 fully saturated rings. The first kappa shape index (κ1) is 22.9. The summed E-state index contributed by atoms with van der Waals surface area (Å²) in [4.78, 5) is 32.0. The summed E-state index contributed by atoms with van der Waals surface area (Å²) in [5.41, 5.74) is 0.311. The zero-order valence-electron chi connectivity index (χ0n) is 16.8. The van der Waals surface area contributed by atoms with Crippen LogP contribution in [0.4, 0.5) is 18.9 Å². The van der Waals surface area contributed by atoms with Gasteiger partial charge in [0.15, 0.2) is 0 Å². The van der Waals surface area contributed by atoms with Crippen LogP contribution in [-0.4, -0.2) is 60.2 Å². The fraction of sp³-hybridized carbons (Fsp3) is 0.381. The number of thioether (sulfide) groups is 1. The van der Waals surface area contributed by atoms with Gasteiger partial charge in [-0.15, -0.1) is 0 Å². The molecule has 1 aromatic carbocycles. The lowest BCUT2D eigenvalue weighted by Gasteiger charge is -2.36. The lowest BCUT2D eigenvalue weighted by Crippen LogP contribution is -2.49. The second-order valence-electron chi connectivity index (χ2n) is 6.97. The number of nitrogens with one attached hydrogen (secondary N) is 1. The molecular weight excluding hydrogens is 429 g/mol. The smallest absolute Gasteiger partial charge is 0.368 e. The van der Waals surface area contributed by atoms with Gasteiger partial charge < -0.3 is 15.1 Å². The van der Waals surface area contributed by atoms with Crippen molar-refractivity contribution in [3.63, 3.8) is 0 Å². The summed E-state index contributed by atoms with van der Waals surface area (Å²) in [5, 5.41) is 3.00. The first-order chi connectivity index (χ1) is 14.8. The third-order valence-corrected chi connectivity index (χ3v) is 5.77. The number of anilines is 1. The fourth-order valence-electron chi connectivity index (χ4n) is 3.14. The van der Waals surface area contributed by atoms with Gasteiger partial charge in [0, 0.05) is 51.0 Å². The van der Waals surface area contributed by atoms with E-state index in [0.29, 0.717) is 18.1 Å². The monoisotopic (exact) mass is 452 g/mol. The molecule has 0 aliphatic carbocycles. The first-order valence-corrected chi connectivity index (χ1v) is 10.8. The molecule has 2 amide bonds. The summed E-state index contributed by atoms with van der Waals surface area (Å²) < 4.78 is 37.6. The Morgan fingerprint density at radius 2 is 1.74 bits per heavy atom. The molecule has 0 atom stereocenters. The second-order valence-corrected chi connectivity index (χ2v) is 7.97. The van der Waals surface area contributed by atoms with Crippen molar-refractivity contribution in [1.82, 2.24) is 15.2 Å². The highest BCUT2D eigenvalue weighted by molar-refractivity contribution is 7.99. The lowest BCUT2D eigenvalue weighted by molar-refractivity contribution is -0.138. The van der Waals surface area contributed by atoms with Crippen LogP contribution < -0.4 is 10.2 Å². The third-order valence-electron chi connectivity index (χ3n) is 4.83. The van der Waals surface area contributed by atoms with Crippen molar-refractivity contribution >= 4 is 29.3 Å². The van der Waals surface area contributed by atoms with Crippen molar-refractivity contribution in [2.75, 3.05) is 43.4 Å². The van der Waals surface area contributed by atoms with Crippen molar-refractivity contribution < 1.29 is 22.8 Å². The average Bonchev–Trinajstić information content (AvgIpc) is 2.78. The van der Waals surface area contributed by atoms with Crippen LogP contribution in [0.1, 0.15) is 12.0 Å². The minimum Gasteiger partial charge on any atom is -0.368 e. The first-order valence-electron chi connectivity index (χ1n) is 9.83. The fourth-order valence-corrected chi connectivity index (χ4v) is 3.82. The predicted molar refractivity (Wildman–Crippen MR) is 113 cm³/mol. The number of amides is 2. The molecular formula is C21H23F3N4O2S. The number of halogens is 3. The summed E-state index contributed by atoms with van der Waals surface area (Å²) in [6.07, 6.45) is -3.48. The predicted octanol–water partition coefficient (Wildman–Crippen LogP) is 3.05. The van der Waals surface area contributed by atoms with E-state index in [1.54, 1.807) is 4.90 Å². The van der Waals surface area contributed by atoms with Crippen molar-refractivity contribution in [2.45, 2.75) is 17.6 Å². The van der Waals surface area contributed by atoms with Crippen LogP contribution in [0.25, 0.3) is 0 Å². The maximum atomic E-state index is 12.5. The molecule has 0 bridgehead atoms. The van der Waals surface area contributed by atoms with Crippen LogP contribution in [0.5, 0.6) is 0 Å². The standard InChI is InChI=1S/C21H23F3N4O2S/c22-21(23,24)16-6-7-19(26-14-16)31-15-18(29)25-9-8-20(30)28-12-10-27(11-13-28)17-4-2-1-3-5-17/h1-7,14H,8-13,15H2,(H,25,29). The Hall–Kier alpha value is -2.75. The second kappa shape index (κ2) is 10.5. The van der Waals surface area contributed by atoms with E-state index in [9.17, 15) is 22.8 Å². The van der Waals surface area contributed by atoms with Crippen molar-refractivity contribution in [3.8, 4) is 0 Å². The molecule has 1 aliphatic heterocycles.